The third kappa shape index (κ3) is 3.54. The zero-order chi connectivity index (χ0) is 13.8. The summed E-state index contributed by atoms with van der Waals surface area (Å²) in [6.45, 7) is 2.02. The Kier molecular flexibility index (Phi) is 4.93. The highest BCUT2D eigenvalue weighted by Crippen LogP contribution is 2.29. The van der Waals surface area contributed by atoms with Crippen LogP contribution >= 0.6 is 11.8 Å². The topological polar surface area (TPSA) is 62.5 Å². The van der Waals surface area contributed by atoms with Crippen molar-refractivity contribution in [3.05, 3.63) is 23.7 Å². The summed E-state index contributed by atoms with van der Waals surface area (Å²) in [7, 11) is 0. The Labute approximate surface area is 117 Å². The van der Waals surface area contributed by atoms with Gasteiger partial charge in [0.25, 0.3) is 0 Å². The smallest absolute Gasteiger partial charge is 0.371 e. The quantitative estimate of drug-likeness (QED) is 0.868. The van der Waals surface area contributed by atoms with Crippen molar-refractivity contribution >= 4 is 17.7 Å². The number of nitrogens with one attached hydrogen (secondary N) is 1. The van der Waals surface area contributed by atoms with Crippen LogP contribution in [0.5, 0.6) is 0 Å². The van der Waals surface area contributed by atoms with Gasteiger partial charge in [0, 0.05) is 11.3 Å². The highest BCUT2D eigenvalue weighted by atomic mass is 32.2. The van der Waals surface area contributed by atoms with Crippen LogP contribution in [0.25, 0.3) is 0 Å². The average Bonchev–Trinajstić information content (AvgIpc) is 2.89. The molecule has 2 rings (SSSR count). The molecule has 1 saturated carbocycles. The molecule has 1 fully saturated rings. The molecule has 106 valence electrons. The zero-order valence-electron chi connectivity index (χ0n) is 11.4. The molecule has 0 radical (unpaired) electrons. The van der Waals surface area contributed by atoms with Crippen molar-refractivity contribution in [2.45, 2.75) is 49.9 Å². The second-order valence-corrected chi connectivity index (χ2v) is 6.14. The molecule has 3 atom stereocenters. The van der Waals surface area contributed by atoms with Crippen molar-refractivity contribution in [3.8, 4) is 0 Å². The monoisotopic (exact) mass is 283 g/mol. The van der Waals surface area contributed by atoms with Gasteiger partial charge >= 0.3 is 5.97 Å². The number of carbonyl (C=O) groups is 1. The fraction of sp³-hybridized carbons (Fsp3) is 0.643. The third-order valence-electron chi connectivity index (χ3n) is 3.73. The van der Waals surface area contributed by atoms with E-state index in [0.717, 1.165) is 0 Å². The van der Waals surface area contributed by atoms with Crippen LogP contribution in [0.1, 0.15) is 55.0 Å². The van der Waals surface area contributed by atoms with Crippen LogP contribution in [0.2, 0.25) is 0 Å². The Morgan fingerprint density at radius 3 is 2.84 bits per heavy atom. The highest BCUT2D eigenvalue weighted by Gasteiger charge is 2.26. The van der Waals surface area contributed by atoms with E-state index in [4.69, 9.17) is 9.52 Å². The molecule has 2 N–H and O–H groups in total. The lowest BCUT2D eigenvalue weighted by molar-refractivity contribution is 0.0659. The predicted octanol–water partition coefficient (Wildman–Crippen LogP) is 3.30. The maximum atomic E-state index is 10.8. The van der Waals surface area contributed by atoms with Gasteiger partial charge in [-0.2, -0.15) is 11.8 Å². The van der Waals surface area contributed by atoms with Gasteiger partial charge in [0.2, 0.25) is 5.76 Å². The summed E-state index contributed by atoms with van der Waals surface area (Å²) < 4.78 is 5.35. The van der Waals surface area contributed by atoms with Gasteiger partial charge in [0.05, 0.1) is 6.04 Å². The molecular formula is C14H21NO3S. The van der Waals surface area contributed by atoms with Crippen LogP contribution in [0.3, 0.4) is 0 Å². The molecule has 0 saturated heterocycles. The summed E-state index contributed by atoms with van der Waals surface area (Å²) in [6.07, 6.45) is 7.17. The molecule has 4 nitrogen and oxygen atoms in total. The summed E-state index contributed by atoms with van der Waals surface area (Å²) >= 11 is 1.91. The number of rotatable bonds is 5. The van der Waals surface area contributed by atoms with Crippen LogP contribution in [0, 0.1) is 0 Å². The van der Waals surface area contributed by atoms with Crippen molar-refractivity contribution in [1.29, 1.82) is 0 Å². The number of aromatic carboxylic acids is 1. The lowest BCUT2D eigenvalue weighted by Crippen LogP contribution is -2.41. The molecule has 1 heterocycles. The van der Waals surface area contributed by atoms with Crippen LogP contribution < -0.4 is 5.32 Å². The second-order valence-electron chi connectivity index (χ2n) is 5.06. The number of thioether (sulfide) groups is 1. The summed E-state index contributed by atoms with van der Waals surface area (Å²) in [5.41, 5.74) is 0. The maximum absolute atomic E-state index is 10.8. The van der Waals surface area contributed by atoms with E-state index in [1.165, 1.54) is 31.7 Å². The lowest BCUT2D eigenvalue weighted by Gasteiger charge is -2.32. The molecule has 1 aromatic heterocycles. The van der Waals surface area contributed by atoms with Crippen molar-refractivity contribution < 1.29 is 14.3 Å². The Bertz CT molecular complexity index is 432. The lowest BCUT2D eigenvalue weighted by atomic mass is 9.94. The number of carboxylic acid groups (broad SMARTS) is 1. The standard InChI is InChI=1S/C14H21NO3S/c1-9(11-7-8-12(18-11)14(16)17)15-10-5-3-4-6-13(10)19-2/h7-10,13,15H,3-6H2,1-2H3,(H,16,17). The van der Waals surface area contributed by atoms with Crippen LogP contribution in [-0.2, 0) is 0 Å². The van der Waals surface area contributed by atoms with Crippen molar-refractivity contribution in [2.75, 3.05) is 6.26 Å². The van der Waals surface area contributed by atoms with Gasteiger partial charge in [-0.25, -0.2) is 4.79 Å². The summed E-state index contributed by atoms with van der Waals surface area (Å²) in [5, 5.41) is 13.1. The van der Waals surface area contributed by atoms with E-state index in [0.29, 0.717) is 17.1 Å². The van der Waals surface area contributed by atoms with Gasteiger partial charge in [-0.1, -0.05) is 12.8 Å². The molecule has 1 aliphatic rings. The van der Waals surface area contributed by atoms with Crippen LogP contribution in [0.15, 0.2) is 16.5 Å². The second kappa shape index (κ2) is 6.48. The summed E-state index contributed by atoms with van der Waals surface area (Å²) in [5.74, 6) is -0.311. The molecule has 1 aliphatic carbocycles. The van der Waals surface area contributed by atoms with Gasteiger partial charge in [0.15, 0.2) is 0 Å². The van der Waals surface area contributed by atoms with Crippen molar-refractivity contribution in [2.24, 2.45) is 0 Å². The maximum Gasteiger partial charge on any atom is 0.371 e. The van der Waals surface area contributed by atoms with Gasteiger partial charge in [-0.15, -0.1) is 0 Å². The summed E-state index contributed by atoms with van der Waals surface area (Å²) in [4.78, 5) is 10.8. The first-order valence-electron chi connectivity index (χ1n) is 6.73. The van der Waals surface area contributed by atoms with Gasteiger partial charge in [0.1, 0.15) is 5.76 Å². The molecule has 0 spiro atoms. The minimum atomic E-state index is -1.02. The van der Waals surface area contributed by atoms with E-state index < -0.39 is 5.97 Å². The Morgan fingerprint density at radius 1 is 1.47 bits per heavy atom. The molecule has 1 aromatic rings. The van der Waals surface area contributed by atoms with E-state index in [1.807, 2.05) is 18.7 Å². The normalized spacial score (nSPS) is 25.2. The van der Waals surface area contributed by atoms with Gasteiger partial charge in [-0.3, -0.25) is 0 Å². The van der Waals surface area contributed by atoms with E-state index in [9.17, 15) is 4.79 Å². The number of hydrogen-bond donors (Lipinski definition) is 2. The molecule has 0 aliphatic heterocycles. The molecule has 19 heavy (non-hydrogen) atoms. The van der Waals surface area contributed by atoms with Crippen LogP contribution in [-0.4, -0.2) is 28.6 Å². The third-order valence-corrected chi connectivity index (χ3v) is 4.90. The van der Waals surface area contributed by atoms with Crippen molar-refractivity contribution in [3.63, 3.8) is 0 Å². The molecule has 0 amide bonds. The first-order valence-corrected chi connectivity index (χ1v) is 8.02. The zero-order valence-corrected chi connectivity index (χ0v) is 12.2. The van der Waals surface area contributed by atoms with E-state index in [-0.39, 0.29) is 11.8 Å². The fourth-order valence-corrected chi connectivity index (χ4v) is 3.62. The Morgan fingerprint density at radius 2 is 2.21 bits per heavy atom. The first-order chi connectivity index (χ1) is 9.11. The van der Waals surface area contributed by atoms with Gasteiger partial charge < -0.3 is 14.8 Å². The predicted molar refractivity (Wildman–Crippen MR) is 76.8 cm³/mol. The molecule has 0 aromatic carbocycles. The molecule has 0 bridgehead atoms. The molecule has 5 heteroatoms. The Hall–Kier alpha value is -0.940. The summed E-state index contributed by atoms with van der Waals surface area (Å²) in [6, 6.07) is 3.80. The number of carboxylic acids is 1. The largest absolute Gasteiger partial charge is 0.475 e. The number of furan rings is 1. The van der Waals surface area contributed by atoms with E-state index >= 15 is 0 Å². The minimum Gasteiger partial charge on any atom is -0.475 e. The van der Waals surface area contributed by atoms with E-state index in [2.05, 4.69) is 11.6 Å². The minimum absolute atomic E-state index is 0.00807. The Balaban J connectivity index is 1.98. The molecule has 3 unspecified atom stereocenters. The number of hydrogen-bond acceptors (Lipinski definition) is 4. The highest BCUT2D eigenvalue weighted by molar-refractivity contribution is 7.99. The van der Waals surface area contributed by atoms with E-state index in [1.54, 1.807) is 6.07 Å². The van der Waals surface area contributed by atoms with Crippen molar-refractivity contribution in [1.82, 2.24) is 5.32 Å². The van der Waals surface area contributed by atoms with Crippen LogP contribution in [0.4, 0.5) is 0 Å². The SMILES string of the molecule is CSC1CCCCC1NC(C)c1ccc(C(=O)O)o1. The average molecular weight is 283 g/mol. The molecular weight excluding hydrogens is 262 g/mol. The fourth-order valence-electron chi connectivity index (χ4n) is 2.67. The first kappa shape index (κ1) is 14.5. The van der Waals surface area contributed by atoms with Gasteiger partial charge in [-0.05, 0) is 38.2 Å².